The summed E-state index contributed by atoms with van der Waals surface area (Å²) in [7, 11) is 0. The van der Waals surface area contributed by atoms with Crippen LogP contribution in [0.15, 0.2) is 30.3 Å². The van der Waals surface area contributed by atoms with Crippen LogP contribution >= 0.6 is 0 Å². The molecule has 1 heterocycles. The molecule has 0 radical (unpaired) electrons. The average molecular weight is 262 g/mol. The molecule has 19 heavy (non-hydrogen) atoms. The molecule has 2 N–H and O–H groups in total. The number of hydrogen-bond donors (Lipinski definition) is 2. The summed E-state index contributed by atoms with van der Waals surface area (Å²) >= 11 is 0. The fourth-order valence-corrected chi connectivity index (χ4v) is 1.75. The fourth-order valence-electron chi connectivity index (χ4n) is 1.75. The van der Waals surface area contributed by atoms with E-state index in [1.165, 1.54) is 0 Å². The first-order chi connectivity index (χ1) is 9.15. The number of esters is 1. The molecule has 2 rings (SSSR count). The van der Waals surface area contributed by atoms with Crippen molar-refractivity contribution in [1.82, 2.24) is 5.32 Å². The molecule has 0 aliphatic carbocycles. The molecule has 0 spiro atoms. The molecule has 1 fully saturated rings. The lowest BCUT2D eigenvalue weighted by atomic mass is 10.2. The van der Waals surface area contributed by atoms with E-state index in [9.17, 15) is 14.4 Å². The number of nitrogens with one attached hydrogen (secondary N) is 2. The second-order valence-electron chi connectivity index (χ2n) is 4.18. The van der Waals surface area contributed by atoms with Crippen molar-refractivity contribution in [3.8, 4) is 0 Å². The van der Waals surface area contributed by atoms with Crippen molar-refractivity contribution in [3.05, 3.63) is 30.3 Å². The summed E-state index contributed by atoms with van der Waals surface area (Å²) < 4.78 is 4.84. The van der Waals surface area contributed by atoms with Gasteiger partial charge in [0.05, 0.1) is 0 Å². The van der Waals surface area contributed by atoms with Crippen LogP contribution in [-0.4, -0.2) is 30.4 Å². The first-order valence-electron chi connectivity index (χ1n) is 5.96. The second kappa shape index (κ2) is 5.99. The Balaban J connectivity index is 1.74. The van der Waals surface area contributed by atoms with Gasteiger partial charge in [0.1, 0.15) is 6.04 Å². The number of amides is 2. The van der Waals surface area contributed by atoms with Crippen LogP contribution in [0.25, 0.3) is 0 Å². The van der Waals surface area contributed by atoms with Crippen LogP contribution < -0.4 is 10.6 Å². The minimum absolute atomic E-state index is 0.171. The van der Waals surface area contributed by atoms with Gasteiger partial charge in [0, 0.05) is 12.1 Å². The molecule has 6 heteroatoms. The highest BCUT2D eigenvalue weighted by Crippen LogP contribution is 2.08. The Morgan fingerprint density at radius 3 is 2.68 bits per heavy atom. The third kappa shape index (κ3) is 3.80. The number of para-hydroxylation sites is 1. The van der Waals surface area contributed by atoms with E-state index >= 15 is 0 Å². The van der Waals surface area contributed by atoms with Crippen LogP contribution in [0.2, 0.25) is 0 Å². The molecule has 0 aromatic heterocycles. The highest BCUT2D eigenvalue weighted by atomic mass is 16.5. The Kier molecular flexibility index (Phi) is 4.12. The van der Waals surface area contributed by atoms with E-state index in [-0.39, 0.29) is 12.5 Å². The maximum absolute atomic E-state index is 11.5. The van der Waals surface area contributed by atoms with Gasteiger partial charge >= 0.3 is 5.97 Å². The van der Waals surface area contributed by atoms with Gasteiger partial charge in [-0.3, -0.25) is 9.59 Å². The third-order valence-corrected chi connectivity index (χ3v) is 2.68. The van der Waals surface area contributed by atoms with Gasteiger partial charge in [0.2, 0.25) is 5.91 Å². The Hall–Kier alpha value is -2.37. The maximum atomic E-state index is 11.5. The smallest absolute Gasteiger partial charge is 0.329 e. The van der Waals surface area contributed by atoms with Crippen LogP contribution in [0.3, 0.4) is 0 Å². The number of hydrogen-bond acceptors (Lipinski definition) is 4. The van der Waals surface area contributed by atoms with Gasteiger partial charge in [-0.05, 0) is 18.6 Å². The Labute approximate surface area is 110 Å². The maximum Gasteiger partial charge on any atom is 0.329 e. The number of anilines is 1. The molecule has 1 aliphatic rings. The van der Waals surface area contributed by atoms with E-state index in [0.717, 1.165) is 0 Å². The van der Waals surface area contributed by atoms with Crippen molar-refractivity contribution in [1.29, 1.82) is 0 Å². The van der Waals surface area contributed by atoms with Crippen molar-refractivity contribution in [3.63, 3.8) is 0 Å². The Morgan fingerprint density at radius 2 is 2.05 bits per heavy atom. The van der Waals surface area contributed by atoms with Crippen LogP contribution in [0.5, 0.6) is 0 Å². The van der Waals surface area contributed by atoms with Gasteiger partial charge in [-0.2, -0.15) is 0 Å². The first-order valence-corrected chi connectivity index (χ1v) is 5.96. The highest BCUT2D eigenvalue weighted by molar-refractivity contribution is 5.94. The summed E-state index contributed by atoms with van der Waals surface area (Å²) in [4.78, 5) is 34.0. The van der Waals surface area contributed by atoms with Gasteiger partial charge in [-0.15, -0.1) is 0 Å². The van der Waals surface area contributed by atoms with Crippen LogP contribution in [0.1, 0.15) is 12.8 Å². The van der Waals surface area contributed by atoms with E-state index < -0.39 is 17.9 Å². The van der Waals surface area contributed by atoms with Gasteiger partial charge in [-0.1, -0.05) is 18.2 Å². The fraction of sp³-hybridized carbons (Fsp3) is 0.308. The topological polar surface area (TPSA) is 84.5 Å². The summed E-state index contributed by atoms with van der Waals surface area (Å²) in [6, 6.07) is 8.24. The van der Waals surface area contributed by atoms with Gasteiger partial charge < -0.3 is 15.4 Å². The predicted molar refractivity (Wildman–Crippen MR) is 67.2 cm³/mol. The Morgan fingerprint density at radius 1 is 1.32 bits per heavy atom. The zero-order valence-corrected chi connectivity index (χ0v) is 10.2. The molecule has 100 valence electrons. The quantitative estimate of drug-likeness (QED) is 0.771. The number of carbonyl (C=O) groups is 3. The third-order valence-electron chi connectivity index (χ3n) is 2.68. The van der Waals surface area contributed by atoms with E-state index in [4.69, 9.17) is 4.74 Å². The van der Waals surface area contributed by atoms with Gasteiger partial charge in [0.15, 0.2) is 6.61 Å². The predicted octanol–water partition coefficient (Wildman–Crippen LogP) is 0.447. The summed E-state index contributed by atoms with van der Waals surface area (Å²) in [6.07, 6.45) is 0.730. The molecule has 0 bridgehead atoms. The SMILES string of the molecule is O=C(COC(=O)[C@@H]1CCC(=O)N1)Nc1ccccc1. The lowest BCUT2D eigenvalue weighted by Crippen LogP contribution is -2.36. The summed E-state index contributed by atoms with van der Waals surface area (Å²) in [5.74, 6) is -1.16. The summed E-state index contributed by atoms with van der Waals surface area (Å²) in [5, 5.41) is 5.08. The number of carbonyl (C=O) groups excluding carboxylic acids is 3. The van der Waals surface area contributed by atoms with E-state index in [2.05, 4.69) is 10.6 Å². The molecule has 1 aromatic carbocycles. The van der Waals surface area contributed by atoms with Gasteiger partial charge in [-0.25, -0.2) is 4.79 Å². The van der Waals surface area contributed by atoms with E-state index in [1.807, 2.05) is 6.07 Å². The van der Waals surface area contributed by atoms with Crippen molar-refractivity contribution in [2.24, 2.45) is 0 Å². The van der Waals surface area contributed by atoms with Crippen molar-refractivity contribution >= 4 is 23.5 Å². The number of rotatable bonds is 4. The molecule has 0 saturated carbocycles. The second-order valence-corrected chi connectivity index (χ2v) is 4.18. The molecular weight excluding hydrogens is 248 g/mol. The zero-order valence-electron chi connectivity index (χ0n) is 10.2. The monoisotopic (exact) mass is 262 g/mol. The molecule has 6 nitrogen and oxygen atoms in total. The first kappa shape index (κ1) is 13.1. The van der Waals surface area contributed by atoms with Crippen LogP contribution in [0.4, 0.5) is 5.69 Å². The molecule has 1 aliphatic heterocycles. The van der Waals surface area contributed by atoms with Crippen molar-refractivity contribution in [2.75, 3.05) is 11.9 Å². The molecule has 1 saturated heterocycles. The van der Waals surface area contributed by atoms with E-state index in [0.29, 0.717) is 18.5 Å². The normalized spacial score (nSPS) is 17.7. The van der Waals surface area contributed by atoms with E-state index in [1.54, 1.807) is 24.3 Å². The highest BCUT2D eigenvalue weighted by Gasteiger charge is 2.28. The van der Waals surface area contributed by atoms with Crippen LogP contribution in [0, 0.1) is 0 Å². The van der Waals surface area contributed by atoms with Crippen molar-refractivity contribution in [2.45, 2.75) is 18.9 Å². The standard InChI is InChI=1S/C13H14N2O4/c16-11-7-6-10(15-11)13(18)19-8-12(17)14-9-4-2-1-3-5-9/h1-5,10H,6-8H2,(H,14,17)(H,15,16)/t10-/m0/s1. The lowest BCUT2D eigenvalue weighted by molar-refractivity contribution is -0.149. The molecular formula is C13H14N2O4. The average Bonchev–Trinajstić information content (AvgIpc) is 2.84. The molecule has 1 atom stereocenters. The summed E-state index contributed by atoms with van der Waals surface area (Å²) in [5.41, 5.74) is 0.637. The summed E-state index contributed by atoms with van der Waals surface area (Å²) in [6.45, 7) is -0.361. The zero-order chi connectivity index (χ0) is 13.7. The minimum Gasteiger partial charge on any atom is -0.454 e. The lowest BCUT2D eigenvalue weighted by Gasteiger charge is -2.10. The van der Waals surface area contributed by atoms with Gasteiger partial charge in [0.25, 0.3) is 5.91 Å². The number of benzene rings is 1. The van der Waals surface area contributed by atoms with Crippen LogP contribution in [-0.2, 0) is 19.1 Å². The molecule has 2 amide bonds. The van der Waals surface area contributed by atoms with Crippen molar-refractivity contribution < 1.29 is 19.1 Å². The largest absolute Gasteiger partial charge is 0.454 e. The number of ether oxygens (including phenoxy) is 1. The Bertz CT molecular complexity index is 487. The molecule has 0 unspecified atom stereocenters. The minimum atomic E-state index is -0.628. The molecule has 1 aromatic rings.